The molecule has 0 aliphatic rings. The summed E-state index contributed by atoms with van der Waals surface area (Å²) in [6, 6.07) is -1.06. The number of nitrogens with two attached hydrogens (primary N) is 2. The molecule has 48 heavy (non-hydrogen) atoms. The summed E-state index contributed by atoms with van der Waals surface area (Å²) < 4.78 is 0. The van der Waals surface area contributed by atoms with Crippen LogP contribution in [0.1, 0.15) is 45.6 Å². The van der Waals surface area contributed by atoms with E-state index in [4.69, 9.17) is 16.6 Å². The van der Waals surface area contributed by atoms with Crippen molar-refractivity contribution in [3.63, 3.8) is 0 Å². The Labute approximate surface area is 275 Å². The number of nitrogens with one attached hydrogen (secondary N) is 5. The molecular weight excluding hydrogens is 638 g/mol. The molecule has 0 bridgehead atoms. The smallest absolute Gasteiger partial charge is 0.326 e. The number of primary amides is 1. The number of carboxylic acids is 2. The second-order valence-corrected chi connectivity index (χ2v) is 11.0. The van der Waals surface area contributed by atoms with E-state index in [9.17, 15) is 53.7 Å². The highest BCUT2D eigenvalue weighted by atomic mass is 16.4. The summed E-state index contributed by atoms with van der Waals surface area (Å²) in [5, 5.41) is 50.1. The van der Waals surface area contributed by atoms with Crippen molar-refractivity contribution in [1.82, 2.24) is 26.6 Å². The van der Waals surface area contributed by atoms with Gasteiger partial charge in [-0.2, -0.15) is 0 Å². The Morgan fingerprint density at radius 2 is 1.19 bits per heavy atom. The molecule has 6 amide bonds. The number of amides is 6. The number of aliphatic hydroxyl groups excluding tert-OH is 2. The maximum atomic E-state index is 13.4. The molecule has 0 saturated heterocycles. The van der Waals surface area contributed by atoms with Crippen LogP contribution in [0.15, 0.2) is 30.3 Å². The highest BCUT2D eigenvalue weighted by molar-refractivity contribution is 5.97. The Bertz CT molecular complexity index is 1320. The quantitative estimate of drug-likeness (QED) is 0.0620. The van der Waals surface area contributed by atoms with Gasteiger partial charge >= 0.3 is 11.9 Å². The Morgan fingerprint density at radius 3 is 1.67 bits per heavy atom. The molecule has 0 aromatic heterocycles. The number of carbonyl (C=O) groups excluding carboxylic acids is 6. The van der Waals surface area contributed by atoms with Crippen molar-refractivity contribution in [3.05, 3.63) is 35.9 Å². The number of aliphatic hydroxyl groups is 2. The fourth-order valence-corrected chi connectivity index (χ4v) is 4.14. The van der Waals surface area contributed by atoms with Gasteiger partial charge < -0.3 is 58.5 Å². The van der Waals surface area contributed by atoms with Gasteiger partial charge in [0.05, 0.1) is 24.7 Å². The van der Waals surface area contributed by atoms with E-state index in [1.165, 1.54) is 6.92 Å². The van der Waals surface area contributed by atoms with E-state index in [1.54, 1.807) is 30.3 Å². The van der Waals surface area contributed by atoms with Crippen molar-refractivity contribution in [2.75, 3.05) is 0 Å². The van der Waals surface area contributed by atoms with Crippen molar-refractivity contribution >= 4 is 47.4 Å². The molecule has 0 heterocycles. The van der Waals surface area contributed by atoms with Gasteiger partial charge in [0.1, 0.15) is 30.2 Å². The third-order valence-electron chi connectivity index (χ3n) is 6.82. The maximum Gasteiger partial charge on any atom is 0.326 e. The van der Waals surface area contributed by atoms with E-state index in [-0.39, 0.29) is 19.3 Å². The molecule has 0 aliphatic carbocycles. The molecule has 19 nitrogen and oxygen atoms in total. The number of aliphatic carboxylic acids is 2. The monoisotopic (exact) mass is 681 g/mol. The number of carboxylic acid groups (broad SMARTS) is 2. The predicted molar refractivity (Wildman–Crippen MR) is 165 cm³/mol. The van der Waals surface area contributed by atoms with Gasteiger partial charge in [-0.15, -0.1) is 0 Å². The van der Waals surface area contributed by atoms with Crippen molar-refractivity contribution < 1.29 is 58.8 Å². The van der Waals surface area contributed by atoms with Crippen LogP contribution in [0, 0.1) is 0 Å². The van der Waals surface area contributed by atoms with E-state index in [1.807, 2.05) is 0 Å². The lowest BCUT2D eigenvalue weighted by atomic mass is 10.0. The highest BCUT2D eigenvalue weighted by Crippen LogP contribution is 2.07. The summed E-state index contributed by atoms with van der Waals surface area (Å²) in [5.41, 5.74) is 11.1. The average molecular weight is 682 g/mol. The molecular formula is C29H43N7O12. The Kier molecular flexibility index (Phi) is 16.6. The van der Waals surface area contributed by atoms with Crippen molar-refractivity contribution in [2.45, 2.75) is 94.9 Å². The van der Waals surface area contributed by atoms with Crippen LogP contribution in [0.3, 0.4) is 0 Å². The molecule has 0 unspecified atom stereocenters. The van der Waals surface area contributed by atoms with Crippen LogP contribution >= 0.6 is 0 Å². The van der Waals surface area contributed by atoms with Crippen LogP contribution in [0.4, 0.5) is 0 Å². The Morgan fingerprint density at radius 1 is 0.688 bits per heavy atom. The third-order valence-corrected chi connectivity index (χ3v) is 6.82. The van der Waals surface area contributed by atoms with Crippen molar-refractivity contribution in [2.24, 2.45) is 11.5 Å². The highest BCUT2D eigenvalue weighted by Gasteiger charge is 2.35. The number of hydrogen-bond acceptors (Lipinski definition) is 11. The first kappa shape index (κ1) is 40.9. The fraction of sp³-hybridized carbons (Fsp3) is 0.517. The summed E-state index contributed by atoms with van der Waals surface area (Å²) in [6.07, 6.45) is -4.74. The zero-order valence-corrected chi connectivity index (χ0v) is 26.5. The molecule has 0 saturated carbocycles. The van der Waals surface area contributed by atoms with Crippen LogP contribution in [-0.4, -0.2) is 116 Å². The van der Waals surface area contributed by atoms with E-state index >= 15 is 0 Å². The molecule has 1 rings (SSSR count). The zero-order valence-electron chi connectivity index (χ0n) is 26.5. The molecule has 0 aliphatic heterocycles. The molecule has 19 heteroatoms. The van der Waals surface area contributed by atoms with Crippen molar-refractivity contribution in [1.29, 1.82) is 0 Å². The Balaban J connectivity index is 3.14. The third kappa shape index (κ3) is 14.1. The van der Waals surface area contributed by atoms with E-state index in [2.05, 4.69) is 26.6 Å². The van der Waals surface area contributed by atoms with Gasteiger partial charge in [0.2, 0.25) is 35.4 Å². The summed E-state index contributed by atoms with van der Waals surface area (Å²) in [7, 11) is 0. The summed E-state index contributed by atoms with van der Waals surface area (Å²) in [6.45, 7) is 3.46. The van der Waals surface area contributed by atoms with Gasteiger partial charge in [-0.1, -0.05) is 30.3 Å². The van der Waals surface area contributed by atoms with Gasteiger partial charge in [-0.3, -0.25) is 33.6 Å². The standard InChI is InChI=1S/C29H43N7O12/c1-13(32-25(43)17(30)12-21(40)41)24(42)35-23(15(3)38)28(46)36-22(14(2)37)27(45)34-19(11-16-7-5-4-6-8-16)26(44)33-18(29(47)48)9-10-20(31)39/h4-8,13-15,17-19,22-23,37-38H,9-12,30H2,1-3H3,(H2,31,39)(H,32,43)(H,33,44)(H,34,45)(H,35,42)(H,36,46)(H,40,41)(H,47,48)/t13-,14+,15+,17-,18-,19-,22-,23-/m0/s1. The van der Waals surface area contributed by atoms with Crippen molar-refractivity contribution in [3.8, 4) is 0 Å². The van der Waals surface area contributed by atoms with Crippen LogP contribution in [0.25, 0.3) is 0 Å². The van der Waals surface area contributed by atoms with Gasteiger partial charge in [0.25, 0.3) is 0 Å². The number of benzene rings is 1. The molecule has 1 aromatic carbocycles. The second kappa shape index (κ2) is 19.5. The Hall–Kier alpha value is -5.14. The fourth-order valence-electron chi connectivity index (χ4n) is 4.14. The minimum absolute atomic E-state index is 0.160. The van der Waals surface area contributed by atoms with Crippen LogP contribution in [0.2, 0.25) is 0 Å². The largest absolute Gasteiger partial charge is 0.481 e. The first-order valence-corrected chi connectivity index (χ1v) is 14.7. The lowest BCUT2D eigenvalue weighted by Crippen LogP contribution is -2.63. The molecule has 8 atom stereocenters. The molecule has 266 valence electrons. The van der Waals surface area contributed by atoms with Gasteiger partial charge in [-0.25, -0.2) is 4.79 Å². The minimum atomic E-state index is -1.77. The lowest BCUT2D eigenvalue weighted by Gasteiger charge is -2.28. The van der Waals surface area contributed by atoms with Gasteiger partial charge in [-0.05, 0) is 32.8 Å². The van der Waals surface area contributed by atoms with E-state index in [0.717, 1.165) is 13.8 Å². The van der Waals surface area contributed by atoms with Crippen LogP contribution in [0.5, 0.6) is 0 Å². The topological polar surface area (TPSA) is 330 Å². The normalized spacial score (nSPS) is 15.9. The molecule has 0 spiro atoms. The van der Waals surface area contributed by atoms with Gasteiger partial charge in [0, 0.05) is 12.8 Å². The number of rotatable bonds is 20. The summed E-state index contributed by atoms with van der Waals surface area (Å²) >= 11 is 0. The molecule has 1 aromatic rings. The van der Waals surface area contributed by atoms with Crippen LogP contribution in [-0.2, 0) is 44.8 Å². The summed E-state index contributed by atoms with van der Waals surface area (Å²) in [4.78, 5) is 98.1. The molecule has 0 radical (unpaired) electrons. The minimum Gasteiger partial charge on any atom is -0.481 e. The lowest BCUT2D eigenvalue weighted by molar-refractivity contribution is -0.143. The average Bonchev–Trinajstić information content (AvgIpc) is 2.99. The number of hydrogen-bond donors (Lipinski definition) is 11. The van der Waals surface area contributed by atoms with E-state index in [0.29, 0.717) is 5.56 Å². The SMILES string of the molecule is C[C@H](NC(=O)[C@@H](N)CC(=O)O)C(=O)N[C@H](C(=O)N[C@H](C(=O)N[C@@H](Cc1ccccc1)C(=O)N[C@@H](CCC(N)=O)C(=O)O)[C@@H](C)O)[C@@H](C)O. The van der Waals surface area contributed by atoms with E-state index < -0.39 is 102 Å². The molecule has 0 fully saturated rings. The van der Waals surface area contributed by atoms with Gasteiger partial charge in [0.15, 0.2) is 0 Å². The summed E-state index contributed by atoms with van der Waals surface area (Å²) in [5.74, 6) is -8.79. The number of carbonyl (C=O) groups is 8. The first-order valence-electron chi connectivity index (χ1n) is 14.7. The molecule has 13 N–H and O–H groups in total. The maximum absolute atomic E-state index is 13.4. The first-order chi connectivity index (χ1) is 22.3. The second-order valence-electron chi connectivity index (χ2n) is 11.0. The predicted octanol–water partition coefficient (Wildman–Crippen LogP) is -4.41. The zero-order chi connectivity index (χ0) is 36.7. The van der Waals surface area contributed by atoms with Crippen LogP contribution < -0.4 is 38.1 Å².